The molecule has 0 saturated carbocycles. The van der Waals surface area contributed by atoms with Crippen LogP contribution in [0.3, 0.4) is 0 Å². The number of hydrogen-bond donors (Lipinski definition) is 0. The van der Waals surface area contributed by atoms with Gasteiger partial charge in [0.2, 0.25) is 5.88 Å². The minimum atomic E-state index is 0.534. The SMILES string of the molecule is Cc1cc(C)cc(Oc2cc(Br)ncn2)c1. The van der Waals surface area contributed by atoms with Crippen LogP contribution >= 0.6 is 15.9 Å². The van der Waals surface area contributed by atoms with Gasteiger partial charge < -0.3 is 4.74 Å². The van der Waals surface area contributed by atoms with E-state index in [0.717, 1.165) is 5.75 Å². The number of nitrogens with zero attached hydrogens (tertiary/aromatic N) is 2. The third-order valence-corrected chi connectivity index (χ3v) is 2.46. The van der Waals surface area contributed by atoms with Crippen molar-refractivity contribution in [1.82, 2.24) is 9.97 Å². The monoisotopic (exact) mass is 278 g/mol. The summed E-state index contributed by atoms with van der Waals surface area (Å²) in [7, 11) is 0. The molecule has 3 nitrogen and oxygen atoms in total. The topological polar surface area (TPSA) is 35.0 Å². The Kier molecular flexibility index (Phi) is 3.19. The van der Waals surface area contributed by atoms with Crippen LogP contribution in [0.25, 0.3) is 0 Å². The van der Waals surface area contributed by atoms with Crippen LogP contribution < -0.4 is 4.74 Å². The molecular weight excluding hydrogens is 268 g/mol. The van der Waals surface area contributed by atoms with Crippen LogP contribution in [0.1, 0.15) is 11.1 Å². The maximum Gasteiger partial charge on any atom is 0.223 e. The molecule has 2 rings (SSSR count). The van der Waals surface area contributed by atoms with Crippen LogP contribution in [0, 0.1) is 13.8 Å². The Hall–Kier alpha value is -1.42. The van der Waals surface area contributed by atoms with Gasteiger partial charge in [-0.05, 0) is 53.0 Å². The molecule has 0 saturated heterocycles. The number of rotatable bonds is 2. The maximum absolute atomic E-state index is 5.64. The van der Waals surface area contributed by atoms with E-state index in [1.165, 1.54) is 17.5 Å². The molecule has 0 spiro atoms. The average molecular weight is 279 g/mol. The average Bonchev–Trinajstić information content (AvgIpc) is 2.15. The van der Waals surface area contributed by atoms with Gasteiger partial charge in [-0.25, -0.2) is 9.97 Å². The molecule has 1 heterocycles. The molecule has 0 aliphatic rings. The molecule has 16 heavy (non-hydrogen) atoms. The van der Waals surface area contributed by atoms with Crippen molar-refractivity contribution < 1.29 is 4.74 Å². The molecule has 0 radical (unpaired) electrons. The van der Waals surface area contributed by atoms with Crippen LogP contribution in [0.15, 0.2) is 35.2 Å². The second-order valence-electron chi connectivity index (χ2n) is 3.60. The number of benzene rings is 1. The molecule has 0 aliphatic heterocycles. The van der Waals surface area contributed by atoms with Gasteiger partial charge in [0.15, 0.2) is 0 Å². The molecule has 0 amide bonds. The molecular formula is C12H11BrN2O. The van der Waals surface area contributed by atoms with Gasteiger partial charge in [-0.2, -0.15) is 0 Å². The van der Waals surface area contributed by atoms with Gasteiger partial charge in [0.05, 0.1) is 0 Å². The van der Waals surface area contributed by atoms with Gasteiger partial charge in [-0.3, -0.25) is 0 Å². The van der Waals surface area contributed by atoms with E-state index in [9.17, 15) is 0 Å². The smallest absolute Gasteiger partial charge is 0.223 e. The second kappa shape index (κ2) is 4.61. The highest BCUT2D eigenvalue weighted by molar-refractivity contribution is 9.10. The van der Waals surface area contributed by atoms with Gasteiger partial charge in [0.25, 0.3) is 0 Å². The summed E-state index contributed by atoms with van der Waals surface area (Å²) in [4.78, 5) is 7.97. The summed E-state index contributed by atoms with van der Waals surface area (Å²) in [5.41, 5.74) is 2.34. The first-order chi connectivity index (χ1) is 7.63. The van der Waals surface area contributed by atoms with Crippen molar-refractivity contribution in [2.75, 3.05) is 0 Å². The fraction of sp³-hybridized carbons (Fsp3) is 0.167. The van der Waals surface area contributed by atoms with Crippen molar-refractivity contribution in [3.05, 3.63) is 46.3 Å². The summed E-state index contributed by atoms with van der Waals surface area (Å²) in [6, 6.07) is 7.78. The lowest BCUT2D eigenvalue weighted by Crippen LogP contribution is -1.90. The summed E-state index contributed by atoms with van der Waals surface area (Å²) in [5, 5.41) is 0. The summed E-state index contributed by atoms with van der Waals surface area (Å²) in [6.45, 7) is 4.07. The molecule has 0 fully saturated rings. The highest BCUT2D eigenvalue weighted by atomic mass is 79.9. The predicted octanol–water partition coefficient (Wildman–Crippen LogP) is 3.65. The molecule has 1 aromatic heterocycles. The number of ether oxygens (including phenoxy) is 1. The minimum absolute atomic E-state index is 0.534. The lowest BCUT2D eigenvalue weighted by atomic mass is 10.1. The van der Waals surface area contributed by atoms with Crippen molar-refractivity contribution in [3.8, 4) is 11.6 Å². The van der Waals surface area contributed by atoms with Gasteiger partial charge in [0, 0.05) is 6.07 Å². The van der Waals surface area contributed by atoms with E-state index in [1.54, 1.807) is 6.07 Å². The zero-order valence-corrected chi connectivity index (χ0v) is 10.7. The number of hydrogen-bond acceptors (Lipinski definition) is 3. The Balaban J connectivity index is 2.27. The van der Waals surface area contributed by atoms with Crippen molar-refractivity contribution in [1.29, 1.82) is 0 Å². The van der Waals surface area contributed by atoms with E-state index in [2.05, 4.69) is 32.0 Å². The van der Waals surface area contributed by atoms with Gasteiger partial charge >= 0.3 is 0 Å². The highest BCUT2D eigenvalue weighted by Crippen LogP contribution is 2.23. The zero-order chi connectivity index (χ0) is 11.5. The van der Waals surface area contributed by atoms with E-state index in [1.807, 2.05) is 26.0 Å². The van der Waals surface area contributed by atoms with Gasteiger partial charge in [0.1, 0.15) is 16.7 Å². The molecule has 0 atom stereocenters. The lowest BCUT2D eigenvalue weighted by Gasteiger charge is -2.06. The second-order valence-corrected chi connectivity index (χ2v) is 4.42. The molecule has 1 aromatic carbocycles. The molecule has 0 unspecified atom stereocenters. The fourth-order valence-electron chi connectivity index (χ4n) is 1.49. The molecule has 0 bridgehead atoms. The van der Waals surface area contributed by atoms with E-state index in [4.69, 9.17) is 4.74 Å². The normalized spacial score (nSPS) is 10.2. The Morgan fingerprint density at radius 2 is 1.69 bits per heavy atom. The number of aryl methyl sites for hydroxylation is 2. The summed E-state index contributed by atoms with van der Waals surface area (Å²) < 4.78 is 6.35. The van der Waals surface area contributed by atoms with Crippen LogP contribution in [-0.2, 0) is 0 Å². The Morgan fingerprint density at radius 1 is 1.00 bits per heavy atom. The van der Waals surface area contributed by atoms with E-state index in [0.29, 0.717) is 10.5 Å². The summed E-state index contributed by atoms with van der Waals surface area (Å²) >= 11 is 3.27. The highest BCUT2D eigenvalue weighted by Gasteiger charge is 2.01. The summed E-state index contributed by atoms with van der Waals surface area (Å²) in [5.74, 6) is 1.33. The first kappa shape index (κ1) is 11.1. The van der Waals surface area contributed by atoms with Gasteiger partial charge in [-0.1, -0.05) is 6.07 Å². The predicted molar refractivity (Wildman–Crippen MR) is 65.7 cm³/mol. The van der Waals surface area contributed by atoms with Crippen molar-refractivity contribution in [2.24, 2.45) is 0 Å². The van der Waals surface area contributed by atoms with Crippen molar-refractivity contribution in [2.45, 2.75) is 13.8 Å². The van der Waals surface area contributed by atoms with Crippen LogP contribution in [0.2, 0.25) is 0 Å². The number of aromatic nitrogens is 2. The maximum atomic E-state index is 5.64. The third kappa shape index (κ3) is 2.79. The Morgan fingerprint density at radius 3 is 2.31 bits per heavy atom. The van der Waals surface area contributed by atoms with E-state index >= 15 is 0 Å². The van der Waals surface area contributed by atoms with Crippen LogP contribution in [0.5, 0.6) is 11.6 Å². The standard InChI is InChI=1S/C12H11BrN2O/c1-8-3-9(2)5-10(4-8)16-12-6-11(13)14-7-15-12/h3-7H,1-2H3. The van der Waals surface area contributed by atoms with Crippen molar-refractivity contribution >= 4 is 15.9 Å². The third-order valence-electron chi connectivity index (χ3n) is 2.03. The molecule has 4 heteroatoms. The Labute approximate surface area is 103 Å². The summed E-state index contributed by atoms with van der Waals surface area (Å²) in [6.07, 6.45) is 1.46. The van der Waals surface area contributed by atoms with E-state index in [-0.39, 0.29) is 0 Å². The molecule has 2 aromatic rings. The lowest BCUT2D eigenvalue weighted by molar-refractivity contribution is 0.460. The van der Waals surface area contributed by atoms with Gasteiger partial charge in [-0.15, -0.1) is 0 Å². The van der Waals surface area contributed by atoms with E-state index < -0.39 is 0 Å². The Bertz CT molecular complexity index is 494. The van der Waals surface area contributed by atoms with Crippen LogP contribution in [0.4, 0.5) is 0 Å². The minimum Gasteiger partial charge on any atom is -0.439 e. The zero-order valence-electron chi connectivity index (χ0n) is 9.07. The largest absolute Gasteiger partial charge is 0.439 e. The first-order valence-electron chi connectivity index (χ1n) is 4.87. The molecule has 0 N–H and O–H groups in total. The fourth-order valence-corrected chi connectivity index (χ4v) is 1.77. The van der Waals surface area contributed by atoms with Crippen LogP contribution in [-0.4, -0.2) is 9.97 Å². The van der Waals surface area contributed by atoms with Crippen molar-refractivity contribution in [3.63, 3.8) is 0 Å². The molecule has 82 valence electrons. The first-order valence-corrected chi connectivity index (χ1v) is 5.66. The quantitative estimate of drug-likeness (QED) is 0.787. The number of halogens is 1. The molecule has 0 aliphatic carbocycles.